The van der Waals surface area contributed by atoms with Crippen molar-refractivity contribution in [1.82, 2.24) is 16.2 Å². The van der Waals surface area contributed by atoms with Crippen LogP contribution in [0.2, 0.25) is 0 Å². The average Bonchev–Trinajstić information content (AvgIpc) is 3.39. The fraction of sp³-hybridized carbons (Fsp3) is 0.412. The molecule has 1 aromatic rings. The monoisotopic (exact) mass is 362 g/mol. The first-order valence-electron chi connectivity index (χ1n) is 8.12. The van der Waals surface area contributed by atoms with Crippen LogP contribution in [0.1, 0.15) is 36.8 Å². The zero-order valence-corrected chi connectivity index (χ0v) is 15.1. The Morgan fingerprint density at radius 2 is 1.76 bits per heavy atom. The van der Waals surface area contributed by atoms with Gasteiger partial charge in [0.05, 0.1) is 0 Å². The maximum atomic E-state index is 12.0. The highest BCUT2D eigenvalue weighted by atomic mass is 32.1. The lowest BCUT2D eigenvalue weighted by molar-refractivity contribution is -0.124. The van der Waals surface area contributed by atoms with Gasteiger partial charge in [-0.25, -0.2) is 0 Å². The molecule has 0 unspecified atom stereocenters. The molecule has 25 heavy (non-hydrogen) atoms. The van der Waals surface area contributed by atoms with Gasteiger partial charge in [0.1, 0.15) is 0 Å². The van der Waals surface area contributed by atoms with E-state index in [-0.39, 0.29) is 41.6 Å². The summed E-state index contributed by atoms with van der Waals surface area (Å²) in [5, 5.41) is 5.33. The van der Waals surface area contributed by atoms with Crippen LogP contribution in [0.25, 0.3) is 0 Å². The van der Waals surface area contributed by atoms with Gasteiger partial charge in [-0.1, -0.05) is 12.1 Å². The fourth-order valence-corrected chi connectivity index (χ4v) is 2.24. The third-order valence-corrected chi connectivity index (χ3v) is 3.95. The molecule has 1 saturated carbocycles. The van der Waals surface area contributed by atoms with Crippen LogP contribution in [0.5, 0.6) is 0 Å². The molecule has 1 aliphatic rings. The molecule has 0 spiro atoms. The summed E-state index contributed by atoms with van der Waals surface area (Å²) in [4.78, 5) is 35.2. The maximum absolute atomic E-state index is 12.0. The third-order valence-electron chi connectivity index (χ3n) is 3.75. The highest BCUT2D eigenvalue weighted by molar-refractivity contribution is 7.80. The van der Waals surface area contributed by atoms with E-state index in [9.17, 15) is 14.4 Å². The number of amides is 3. The van der Waals surface area contributed by atoms with Gasteiger partial charge < -0.3 is 10.6 Å². The topological polar surface area (TPSA) is 99.3 Å². The predicted molar refractivity (Wildman–Crippen MR) is 98.5 cm³/mol. The molecule has 0 aliphatic heterocycles. The molecular weight excluding hydrogens is 340 g/mol. The van der Waals surface area contributed by atoms with Crippen molar-refractivity contribution in [2.45, 2.75) is 39.5 Å². The lowest BCUT2D eigenvalue weighted by atomic mass is 10.1. The van der Waals surface area contributed by atoms with E-state index in [1.807, 2.05) is 32.0 Å². The molecular formula is C17H22N4O3S. The number of nitrogens with one attached hydrogen (secondary N) is 4. The molecule has 7 nitrogen and oxygen atoms in total. The zero-order chi connectivity index (χ0) is 18.4. The molecule has 0 aromatic heterocycles. The van der Waals surface area contributed by atoms with E-state index in [2.05, 4.69) is 21.5 Å². The van der Waals surface area contributed by atoms with Crippen LogP contribution in [-0.4, -0.2) is 22.8 Å². The van der Waals surface area contributed by atoms with Crippen LogP contribution in [0.4, 0.5) is 5.69 Å². The number of benzene rings is 1. The first-order chi connectivity index (χ1) is 11.8. The Balaban J connectivity index is 1.66. The Morgan fingerprint density at radius 1 is 1.08 bits per heavy atom. The van der Waals surface area contributed by atoms with E-state index in [1.54, 1.807) is 0 Å². The predicted octanol–water partition coefficient (Wildman–Crippen LogP) is 1.45. The molecule has 4 N–H and O–H groups in total. The summed E-state index contributed by atoms with van der Waals surface area (Å²) in [6.45, 7) is 3.85. The second-order valence-corrected chi connectivity index (χ2v) is 6.54. The van der Waals surface area contributed by atoms with Crippen molar-refractivity contribution in [3.63, 3.8) is 0 Å². The number of aryl methyl sites for hydroxylation is 2. The molecule has 1 aliphatic carbocycles. The van der Waals surface area contributed by atoms with E-state index in [4.69, 9.17) is 12.2 Å². The quantitative estimate of drug-likeness (QED) is 0.469. The zero-order valence-electron chi connectivity index (χ0n) is 14.3. The Labute approximate surface area is 151 Å². The van der Waals surface area contributed by atoms with Gasteiger partial charge in [0.2, 0.25) is 17.7 Å². The van der Waals surface area contributed by atoms with E-state index in [0.717, 1.165) is 29.7 Å². The largest absolute Gasteiger partial charge is 0.326 e. The summed E-state index contributed by atoms with van der Waals surface area (Å²) < 4.78 is 0. The number of hydrogen-bond acceptors (Lipinski definition) is 4. The van der Waals surface area contributed by atoms with Gasteiger partial charge in [-0.2, -0.15) is 0 Å². The van der Waals surface area contributed by atoms with Gasteiger partial charge in [0.25, 0.3) is 0 Å². The molecule has 3 amide bonds. The number of carbonyl (C=O) groups is 3. The van der Waals surface area contributed by atoms with E-state index in [1.165, 1.54) is 0 Å². The van der Waals surface area contributed by atoms with E-state index in [0.29, 0.717) is 0 Å². The molecule has 1 aromatic carbocycles. The molecule has 2 rings (SSSR count). The van der Waals surface area contributed by atoms with Crippen molar-refractivity contribution in [3.8, 4) is 0 Å². The van der Waals surface area contributed by atoms with Crippen LogP contribution in [0, 0.1) is 19.8 Å². The number of hydrazine groups is 1. The van der Waals surface area contributed by atoms with Crippen molar-refractivity contribution in [2.24, 2.45) is 5.92 Å². The summed E-state index contributed by atoms with van der Waals surface area (Å²) in [6.07, 6.45) is 1.79. The van der Waals surface area contributed by atoms with Crippen molar-refractivity contribution in [3.05, 3.63) is 29.3 Å². The van der Waals surface area contributed by atoms with Gasteiger partial charge >= 0.3 is 0 Å². The van der Waals surface area contributed by atoms with Crippen molar-refractivity contribution >= 4 is 40.7 Å². The van der Waals surface area contributed by atoms with Crippen molar-refractivity contribution in [1.29, 1.82) is 0 Å². The molecule has 0 bridgehead atoms. The maximum Gasteiger partial charge on any atom is 0.238 e. The Hall–Kier alpha value is -2.48. The number of carbonyl (C=O) groups excluding carboxylic acids is 3. The summed E-state index contributed by atoms with van der Waals surface area (Å²) in [7, 11) is 0. The lowest BCUT2D eigenvalue weighted by Gasteiger charge is -2.11. The SMILES string of the molecule is Cc1ccc(C)c(NC(=O)CCC(=O)NNC(=S)NC(=O)C2CC2)c1. The lowest BCUT2D eigenvalue weighted by Crippen LogP contribution is -2.48. The molecule has 0 radical (unpaired) electrons. The molecule has 0 atom stereocenters. The van der Waals surface area contributed by atoms with Gasteiger partial charge in [-0.05, 0) is 56.1 Å². The van der Waals surface area contributed by atoms with Crippen LogP contribution in [0.15, 0.2) is 18.2 Å². The van der Waals surface area contributed by atoms with Crippen LogP contribution < -0.4 is 21.5 Å². The highest BCUT2D eigenvalue weighted by Gasteiger charge is 2.30. The van der Waals surface area contributed by atoms with Crippen molar-refractivity contribution in [2.75, 3.05) is 5.32 Å². The van der Waals surface area contributed by atoms with Gasteiger partial charge in [0.15, 0.2) is 5.11 Å². The summed E-state index contributed by atoms with van der Waals surface area (Å²) >= 11 is 4.91. The number of rotatable bonds is 5. The smallest absolute Gasteiger partial charge is 0.238 e. The van der Waals surface area contributed by atoms with Gasteiger partial charge in [-0.15, -0.1) is 0 Å². The minimum Gasteiger partial charge on any atom is -0.326 e. The minimum absolute atomic E-state index is 0.00286. The summed E-state index contributed by atoms with van der Waals surface area (Å²) in [5.74, 6) is -0.739. The van der Waals surface area contributed by atoms with Crippen molar-refractivity contribution < 1.29 is 14.4 Å². The molecule has 0 heterocycles. The normalized spacial score (nSPS) is 12.9. The van der Waals surface area contributed by atoms with Gasteiger partial charge in [0, 0.05) is 24.4 Å². The Bertz CT molecular complexity index is 701. The van der Waals surface area contributed by atoms with Crippen LogP contribution in [-0.2, 0) is 14.4 Å². The van der Waals surface area contributed by atoms with E-state index < -0.39 is 0 Å². The van der Waals surface area contributed by atoms with Crippen LogP contribution in [0.3, 0.4) is 0 Å². The Kier molecular flexibility index (Phi) is 6.46. The minimum atomic E-state index is -0.390. The van der Waals surface area contributed by atoms with Crippen LogP contribution >= 0.6 is 12.2 Å². The average molecular weight is 362 g/mol. The number of hydrogen-bond donors (Lipinski definition) is 4. The second-order valence-electron chi connectivity index (χ2n) is 6.13. The molecule has 0 saturated heterocycles. The number of thiocarbonyl (C=S) groups is 1. The fourth-order valence-electron chi connectivity index (χ4n) is 2.09. The molecule has 134 valence electrons. The summed E-state index contributed by atoms with van der Waals surface area (Å²) in [5.41, 5.74) is 7.57. The molecule has 1 fully saturated rings. The molecule has 8 heteroatoms. The standard InChI is InChI=1S/C17H22N4O3S/c1-10-3-4-11(2)13(9-10)18-14(22)7-8-15(23)20-21-17(25)19-16(24)12-5-6-12/h3-4,9,12H,5-8H2,1-2H3,(H,18,22)(H,20,23)(H2,19,21,24,25). The highest BCUT2D eigenvalue weighted by Crippen LogP contribution is 2.28. The van der Waals surface area contributed by atoms with Gasteiger partial charge in [-0.3, -0.25) is 25.2 Å². The number of anilines is 1. The first-order valence-corrected chi connectivity index (χ1v) is 8.53. The third kappa shape index (κ3) is 6.50. The summed E-state index contributed by atoms with van der Waals surface area (Å²) in [6, 6.07) is 5.78. The first kappa shape index (κ1) is 18.9. The second kappa shape index (κ2) is 8.57. The van der Waals surface area contributed by atoms with E-state index >= 15 is 0 Å². The Morgan fingerprint density at radius 3 is 2.44 bits per heavy atom.